The van der Waals surface area contributed by atoms with Crippen LogP contribution in [0.3, 0.4) is 0 Å². The van der Waals surface area contributed by atoms with Gasteiger partial charge in [0.1, 0.15) is 18.8 Å². The monoisotopic (exact) mass is 421 g/mol. The van der Waals surface area contributed by atoms with Crippen molar-refractivity contribution in [3.63, 3.8) is 0 Å². The molecule has 1 fully saturated rings. The molecule has 0 aromatic heterocycles. The Bertz CT molecular complexity index is 975. The smallest absolute Gasteiger partial charge is 0.166 e. The van der Waals surface area contributed by atoms with Crippen LogP contribution in [0.4, 0.5) is 0 Å². The maximum Gasteiger partial charge on any atom is 0.166 e. The van der Waals surface area contributed by atoms with Crippen molar-refractivity contribution in [1.82, 2.24) is 4.90 Å². The zero-order chi connectivity index (χ0) is 21.6. The number of likely N-dealkylation sites (N-methyl/N-ethyl adjacent to an activating group) is 1. The molecular formula is C26H31NO4. The van der Waals surface area contributed by atoms with Crippen LogP contribution in [0.25, 0.3) is 0 Å². The Labute approximate surface area is 184 Å². The van der Waals surface area contributed by atoms with Crippen LogP contribution < -0.4 is 9.47 Å². The van der Waals surface area contributed by atoms with Gasteiger partial charge < -0.3 is 24.2 Å². The molecule has 2 aromatic rings. The van der Waals surface area contributed by atoms with Gasteiger partial charge in [-0.3, -0.25) is 0 Å². The number of aliphatic hydroxyl groups excluding tert-OH is 1. The number of ether oxygens (including phenoxy) is 3. The number of benzene rings is 2. The normalized spacial score (nSPS) is 31.9. The second-order valence-electron chi connectivity index (χ2n) is 9.09. The highest BCUT2D eigenvalue weighted by molar-refractivity contribution is 5.62. The number of aliphatic hydroxyl groups is 1. The van der Waals surface area contributed by atoms with E-state index in [9.17, 15) is 5.11 Å². The number of rotatable bonds is 3. The van der Waals surface area contributed by atoms with E-state index in [0.717, 1.165) is 36.4 Å². The van der Waals surface area contributed by atoms with Gasteiger partial charge >= 0.3 is 0 Å². The van der Waals surface area contributed by atoms with Gasteiger partial charge in [0.25, 0.3) is 0 Å². The second-order valence-corrected chi connectivity index (χ2v) is 9.09. The van der Waals surface area contributed by atoms with E-state index in [1.54, 1.807) is 14.2 Å². The van der Waals surface area contributed by atoms with Gasteiger partial charge in [-0.05, 0) is 43.6 Å². The van der Waals surface area contributed by atoms with E-state index in [4.69, 9.17) is 9.47 Å². The molecule has 1 saturated heterocycles. The van der Waals surface area contributed by atoms with Gasteiger partial charge in [0.05, 0.1) is 0 Å². The highest BCUT2D eigenvalue weighted by Gasteiger charge is 2.64. The standard InChI is InChI=1S/C24H25NO3.C2H6O/c1-25-12-11-24-17-8-9-19(26)23(24)28-22-20(27-14-15-5-3-2-4-6-15)10-7-16(21(22)24)13-18(17)25;1-3-2/h2-10,17-19,23,26H,11-14H2,1H3;1-2H3/t17-,18+,19-,23-,24-;/m0./s1. The molecule has 2 aliphatic heterocycles. The first-order valence-electron chi connectivity index (χ1n) is 11.1. The highest BCUT2D eigenvalue weighted by Crippen LogP contribution is 2.62. The predicted molar refractivity (Wildman–Crippen MR) is 120 cm³/mol. The number of likely N-dealkylation sites (tertiary alicyclic amines) is 1. The highest BCUT2D eigenvalue weighted by atomic mass is 16.5. The van der Waals surface area contributed by atoms with Gasteiger partial charge in [-0.1, -0.05) is 48.6 Å². The molecule has 0 saturated carbocycles. The van der Waals surface area contributed by atoms with Crippen molar-refractivity contribution in [2.24, 2.45) is 5.92 Å². The number of hydrogen-bond acceptors (Lipinski definition) is 5. The minimum Gasteiger partial charge on any atom is -0.485 e. The molecule has 5 heteroatoms. The molecule has 5 nitrogen and oxygen atoms in total. The lowest BCUT2D eigenvalue weighted by Gasteiger charge is -2.56. The number of nitrogens with zero attached hydrogens (tertiary/aromatic N) is 1. The Morgan fingerprint density at radius 2 is 1.90 bits per heavy atom. The van der Waals surface area contributed by atoms with Crippen molar-refractivity contribution in [2.75, 3.05) is 27.8 Å². The molecule has 0 amide bonds. The lowest BCUT2D eigenvalue weighted by molar-refractivity contribution is -0.0454. The molecule has 164 valence electrons. The Hall–Kier alpha value is -2.34. The lowest BCUT2D eigenvalue weighted by Crippen LogP contribution is -2.64. The van der Waals surface area contributed by atoms with Crippen LogP contribution >= 0.6 is 0 Å². The first-order chi connectivity index (χ1) is 15.1. The molecule has 1 N–H and O–H groups in total. The summed E-state index contributed by atoms with van der Waals surface area (Å²) in [6, 6.07) is 15.0. The van der Waals surface area contributed by atoms with Crippen LogP contribution in [0.1, 0.15) is 23.1 Å². The summed E-state index contributed by atoms with van der Waals surface area (Å²) in [5, 5.41) is 10.8. The number of piperidine rings is 1. The first-order valence-corrected chi connectivity index (χ1v) is 11.1. The molecule has 0 radical (unpaired) electrons. The molecule has 0 unspecified atom stereocenters. The molecule has 2 bridgehead atoms. The van der Waals surface area contributed by atoms with Crippen molar-refractivity contribution < 1.29 is 19.3 Å². The Morgan fingerprint density at radius 3 is 2.68 bits per heavy atom. The molecule has 2 aromatic carbocycles. The molecular weight excluding hydrogens is 390 g/mol. The summed E-state index contributed by atoms with van der Waals surface area (Å²) in [5.41, 5.74) is 3.68. The van der Waals surface area contributed by atoms with Gasteiger partial charge in [0.2, 0.25) is 0 Å². The van der Waals surface area contributed by atoms with E-state index in [1.807, 2.05) is 24.3 Å². The lowest BCUT2D eigenvalue weighted by atomic mass is 9.53. The average molecular weight is 422 g/mol. The predicted octanol–water partition coefficient (Wildman–Crippen LogP) is 3.33. The van der Waals surface area contributed by atoms with E-state index in [-0.39, 0.29) is 11.5 Å². The summed E-state index contributed by atoms with van der Waals surface area (Å²) in [4.78, 5) is 2.48. The van der Waals surface area contributed by atoms with Crippen LogP contribution in [-0.2, 0) is 23.2 Å². The molecule has 2 aliphatic carbocycles. The number of hydrogen-bond donors (Lipinski definition) is 1. The van der Waals surface area contributed by atoms with E-state index >= 15 is 0 Å². The van der Waals surface area contributed by atoms with Crippen LogP contribution in [0, 0.1) is 5.92 Å². The molecule has 6 rings (SSSR count). The quantitative estimate of drug-likeness (QED) is 0.771. The van der Waals surface area contributed by atoms with Gasteiger partial charge in [-0.2, -0.15) is 0 Å². The first kappa shape index (κ1) is 20.6. The average Bonchev–Trinajstić information content (AvgIpc) is 3.14. The van der Waals surface area contributed by atoms with Crippen molar-refractivity contribution in [3.8, 4) is 11.5 Å². The van der Waals surface area contributed by atoms with E-state index in [0.29, 0.717) is 18.6 Å². The minimum atomic E-state index is -0.569. The summed E-state index contributed by atoms with van der Waals surface area (Å²) in [6.07, 6.45) is 5.45. The SMILES string of the molecule is CN1CC[C@]23c4c5ccc(OCc6ccccc6)c4O[C@H]2[C@@H](O)C=C[C@H]3[C@H]1C5.COC. The van der Waals surface area contributed by atoms with Gasteiger partial charge in [0, 0.05) is 37.2 Å². The third kappa shape index (κ3) is 3.10. The zero-order valence-electron chi connectivity index (χ0n) is 18.5. The fourth-order valence-electron chi connectivity index (χ4n) is 6.08. The molecule has 1 spiro atoms. The minimum absolute atomic E-state index is 0.125. The topological polar surface area (TPSA) is 51.2 Å². The zero-order valence-corrected chi connectivity index (χ0v) is 18.5. The van der Waals surface area contributed by atoms with E-state index in [2.05, 4.69) is 47.0 Å². The van der Waals surface area contributed by atoms with Crippen molar-refractivity contribution in [2.45, 2.75) is 43.1 Å². The van der Waals surface area contributed by atoms with Crippen LogP contribution in [0.5, 0.6) is 11.5 Å². The van der Waals surface area contributed by atoms with Gasteiger partial charge in [-0.25, -0.2) is 0 Å². The van der Waals surface area contributed by atoms with E-state index < -0.39 is 6.10 Å². The van der Waals surface area contributed by atoms with Crippen LogP contribution in [-0.4, -0.2) is 56.1 Å². The van der Waals surface area contributed by atoms with Crippen molar-refractivity contribution in [3.05, 3.63) is 71.3 Å². The van der Waals surface area contributed by atoms with Crippen LogP contribution in [0.2, 0.25) is 0 Å². The summed E-state index contributed by atoms with van der Waals surface area (Å²) in [7, 11) is 5.48. The van der Waals surface area contributed by atoms with Crippen molar-refractivity contribution >= 4 is 0 Å². The Kier molecular flexibility index (Phi) is 5.29. The third-order valence-electron chi connectivity index (χ3n) is 7.37. The maximum absolute atomic E-state index is 10.8. The van der Waals surface area contributed by atoms with E-state index in [1.165, 1.54) is 11.1 Å². The molecule has 31 heavy (non-hydrogen) atoms. The maximum atomic E-state index is 10.8. The molecule has 5 atom stereocenters. The Balaban J connectivity index is 0.000000646. The summed E-state index contributed by atoms with van der Waals surface area (Å²) < 4.78 is 17.0. The summed E-state index contributed by atoms with van der Waals surface area (Å²) >= 11 is 0. The third-order valence-corrected chi connectivity index (χ3v) is 7.37. The fourth-order valence-corrected chi connectivity index (χ4v) is 6.08. The molecule has 4 aliphatic rings. The summed E-state index contributed by atoms with van der Waals surface area (Å²) in [6.45, 7) is 1.55. The van der Waals surface area contributed by atoms with Gasteiger partial charge in [0.15, 0.2) is 11.5 Å². The fraction of sp³-hybridized carbons (Fsp3) is 0.462. The molecule has 2 heterocycles. The van der Waals surface area contributed by atoms with Crippen molar-refractivity contribution in [1.29, 1.82) is 0 Å². The second kappa shape index (κ2) is 7.97. The Morgan fingerprint density at radius 1 is 1.13 bits per heavy atom. The summed E-state index contributed by atoms with van der Waals surface area (Å²) in [5.74, 6) is 2.06. The largest absolute Gasteiger partial charge is 0.485 e. The van der Waals surface area contributed by atoms with Crippen LogP contribution in [0.15, 0.2) is 54.6 Å². The number of methoxy groups -OCH3 is 1. The van der Waals surface area contributed by atoms with Gasteiger partial charge in [-0.15, -0.1) is 0 Å².